The van der Waals surface area contributed by atoms with Crippen LogP contribution < -0.4 is 0 Å². The van der Waals surface area contributed by atoms with Crippen LogP contribution in [0, 0.1) is 5.82 Å². The predicted molar refractivity (Wildman–Crippen MR) is 86.7 cm³/mol. The molecule has 2 aliphatic rings. The van der Waals surface area contributed by atoms with Crippen LogP contribution in [-0.2, 0) is 16.0 Å². The summed E-state index contributed by atoms with van der Waals surface area (Å²) in [4.78, 5) is 16.0. The minimum absolute atomic E-state index is 0.0672. The van der Waals surface area contributed by atoms with Crippen molar-refractivity contribution in [2.24, 2.45) is 0 Å². The molecule has 2 heterocycles. The summed E-state index contributed by atoms with van der Waals surface area (Å²) in [5, 5.41) is 0. The molecule has 0 saturated carbocycles. The maximum atomic E-state index is 13.7. The molecule has 1 aromatic rings. The van der Waals surface area contributed by atoms with E-state index in [2.05, 4.69) is 4.90 Å². The Hall–Kier alpha value is -1.46. The summed E-state index contributed by atoms with van der Waals surface area (Å²) >= 11 is 0. The number of hydrogen-bond donors (Lipinski definition) is 0. The lowest BCUT2D eigenvalue weighted by Crippen LogP contribution is -2.60. The SMILES string of the molecule is C[C@H]1OC2(CCN(CCc3ccccc3F)CC2)CN(C)C1=O. The molecule has 2 aliphatic heterocycles. The van der Waals surface area contributed by atoms with Gasteiger partial charge in [0.25, 0.3) is 5.91 Å². The maximum absolute atomic E-state index is 13.7. The molecule has 1 spiro atoms. The number of amides is 1. The van der Waals surface area contributed by atoms with Crippen LogP contribution in [0.3, 0.4) is 0 Å². The van der Waals surface area contributed by atoms with Crippen LogP contribution >= 0.6 is 0 Å². The molecular weight excluding hydrogens is 295 g/mol. The zero-order chi connectivity index (χ0) is 16.4. The van der Waals surface area contributed by atoms with Crippen LogP contribution in [0.2, 0.25) is 0 Å². The molecule has 5 heteroatoms. The first-order chi connectivity index (χ1) is 11.0. The van der Waals surface area contributed by atoms with Gasteiger partial charge in [-0.3, -0.25) is 4.79 Å². The van der Waals surface area contributed by atoms with Gasteiger partial charge in [-0.1, -0.05) is 18.2 Å². The third kappa shape index (κ3) is 3.56. The highest BCUT2D eigenvalue weighted by Crippen LogP contribution is 2.32. The molecule has 0 radical (unpaired) electrons. The number of benzene rings is 1. The maximum Gasteiger partial charge on any atom is 0.251 e. The first kappa shape index (κ1) is 16.4. The summed E-state index contributed by atoms with van der Waals surface area (Å²) < 4.78 is 19.7. The molecule has 0 bridgehead atoms. The van der Waals surface area contributed by atoms with E-state index >= 15 is 0 Å². The van der Waals surface area contributed by atoms with Crippen molar-refractivity contribution in [1.82, 2.24) is 9.80 Å². The Morgan fingerprint density at radius 3 is 2.65 bits per heavy atom. The monoisotopic (exact) mass is 320 g/mol. The van der Waals surface area contributed by atoms with Gasteiger partial charge in [-0.05, 0) is 37.8 Å². The molecule has 2 fully saturated rings. The minimum atomic E-state index is -0.348. The van der Waals surface area contributed by atoms with Gasteiger partial charge < -0.3 is 14.5 Å². The van der Waals surface area contributed by atoms with Crippen LogP contribution in [0.4, 0.5) is 4.39 Å². The van der Waals surface area contributed by atoms with Gasteiger partial charge in [-0.25, -0.2) is 4.39 Å². The van der Waals surface area contributed by atoms with Crippen molar-refractivity contribution < 1.29 is 13.9 Å². The quantitative estimate of drug-likeness (QED) is 0.855. The second-order valence-corrected chi connectivity index (χ2v) is 6.82. The number of carbonyl (C=O) groups excluding carboxylic acids is 1. The summed E-state index contributed by atoms with van der Waals surface area (Å²) in [5.41, 5.74) is 0.581. The van der Waals surface area contributed by atoms with E-state index < -0.39 is 0 Å². The number of likely N-dealkylation sites (N-methyl/N-ethyl adjacent to an activating group) is 1. The number of ether oxygens (including phenoxy) is 1. The summed E-state index contributed by atoms with van der Waals surface area (Å²) in [6.07, 6.45) is 2.23. The fourth-order valence-electron chi connectivity index (χ4n) is 3.72. The standard InChI is InChI=1S/C18H25FN2O2/c1-14-17(22)20(2)13-18(23-14)8-11-21(12-9-18)10-7-15-5-3-4-6-16(15)19/h3-6,14H,7-13H2,1-2H3/t14-/m1/s1. The second kappa shape index (κ2) is 6.57. The number of morpholine rings is 1. The second-order valence-electron chi connectivity index (χ2n) is 6.82. The Balaban J connectivity index is 1.53. The molecule has 0 N–H and O–H groups in total. The van der Waals surface area contributed by atoms with Gasteiger partial charge >= 0.3 is 0 Å². The lowest BCUT2D eigenvalue weighted by atomic mass is 9.88. The van der Waals surface area contributed by atoms with E-state index in [1.165, 1.54) is 6.07 Å². The first-order valence-corrected chi connectivity index (χ1v) is 8.38. The summed E-state index contributed by atoms with van der Waals surface area (Å²) in [5.74, 6) is -0.0526. The van der Waals surface area contributed by atoms with Crippen molar-refractivity contribution in [3.05, 3.63) is 35.6 Å². The fourth-order valence-corrected chi connectivity index (χ4v) is 3.72. The van der Waals surface area contributed by atoms with Crippen molar-refractivity contribution in [1.29, 1.82) is 0 Å². The Kier molecular flexibility index (Phi) is 4.69. The van der Waals surface area contributed by atoms with Crippen LogP contribution in [0.5, 0.6) is 0 Å². The van der Waals surface area contributed by atoms with Gasteiger partial charge in [0.15, 0.2) is 0 Å². The molecule has 126 valence electrons. The van der Waals surface area contributed by atoms with Crippen molar-refractivity contribution >= 4 is 5.91 Å². The molecule has 0 aliphatic carbocycles. The van der Waals surface area contributed by atoms with Crippen molar-refractivity contribution in [3.63, 3.8) is 0 Å². The molecule has 0 unspecified atom stereocenters. The Bertz CT molecular complexity index is 554. The number of halogens is 1. The zero-order valence-electron chi connectivity index (χ0n) is 13.9. The zero-order valence-corrected chi connectivity index (χ0v) is 13.9. The smallest absolute Gasteiger partial charge is 0.251 e. The molecule has 23 heavy (non-hydrogen) atoms. The van der Waals surface area contributed by atoms with Gasteiger partial charge in [0, 0.05) is 33.2 Å². The molecule has 2 saturated heterocycles. The Morgan fingerprint density at radius 1 is 1.30 bits per heavy atom. The lowest BCUT2D eigenvalue weighted by Gasteiger charge is -2.48. The number of rotatable bonds is 3. The van der Waals surface area contributed by atoms with Gasteiger partial charge in [-0.15, -0.1) is 0 Å². The summed E-state index contributed by atoms with van der Waals surface area (Å²) in [6, 6.07) is 6.98. The van der Waals surface area contributed by atoms with E-state index in [1.54, 1.807) is 11.0 Å². The number of hydrogen-bond acceptors (Lipinski definition) is 3. The van der Waals surface area contributed by atoms with Gasteiger partial charge in [0.2, 0.25) is 0 Å². The highest BCUT2D eigenvalue weighted by Gasteiger charge is 2.44. The topological polar surface area (TPSA) is 32.8 Å². The minimum Gasteiger partial charge on any atom is -0.360 e. The van der Waals surface area contributed by atoms with E-state index in [4.69, 9.17) is 4.74 Å². The van der Waals surface area contributed by atoms with E-state index in [1.807, 2.05) is 26.1 Å². The highest BCUT2D eigenvalue weighted by atomic mass is 19.1. The molecule has 1 aromatic carbocycles. The van der Waals surface area contributed by atoms with Crippen LogP contribution in [0.15, 0.2) is 24.3 Å². The number of likely N-dealkylation sites (tertiary alicyclic amines) is 1. The summed E-state index contributed by atoms with van der Waals surface area (Å²) in [7, 11) is 1.85. The van der Waals surface area contributed by atoms with Gasteiger partial charge in [0.1, 0.15) is 11.9 Å². The molecule has 1 atom stereocenters. The summed E-state index contributed by atoms with van der Waals surface area (Å²) in [6.45, 7) is 5.25. The van der Waals surface area contributed by atoms with E-state index in [0.29, 0.717) is 6.54 Å². The van der Waals surface area contributed by atoms with Crippen LogP contribution in [0.1, 0.15) is 25.3 Å². The molecule has 0 aromatic heterocycles. The Morgan fingerprint density at radius 2 is 2.00 bits per heavy atom. The first-order valence-electron chi connectivity index (χ1n) is 8.38. The fraction of sp³-hybridized carbons (Fsp3) is 0.611. The van der Waals surface area contributed by atoms with Crippen molar-refractivity contribution in [2.45, 2.75) is 37.9 Å². The van der Waals surface area contributed by atoms with Crippen LogP contribution in [0.25, 0.3) is 0 Å². The van der Waals surface area contributed by atoms with E-state index in [9.17, 15) is 9.18 Å². The largest absolute Gasteiger partial charge is 0.360 e. The molecule has 3 rings (SSSR count). The lowest BCUT2D eigenvalue weighted by molar-refractivity contribution is -0.186. The van der Waals surface area contributed by atoms with Crippen molar-refractivity contribution in [2.75, 3.05) is 33.2 Å². The van der Waals surface area contributed by atoms with Crippen LogP contribution in [-0.4, -0.2) is 60.6 Å². The number of nitrogens with zero attached hydrogens (tertiary/aromatic N) is 2. The van der Waals surface area contributed by atoms with Gasteiger partial charge in [0.05, 0.1) is 5.60 Å². The molecule has 1 amide bonds. The third-order valence-corrected chi connectivity index (χ3v) is 5.10. The third-order valence-electron chi connectivity index (χ3n) is 5.10. The Labute approximate surface area is 137 Å². The van der Waals surface area contributed by atoms with Crippen molar-refractivity contribution in [3.8, 4) is 0 Å². The van der Waals surface area contributed by atoms with E-state index in [-0.39, 0.29) is 23.4 Å². The molecule has 4 nitrogen and oxygen atoms in total. The average Bonchev–Trinajstić information content (AvgIpc) is 2.53. The number of carbonyl (C=O) groups is 1. The number of piperidine rings is 1. The average molecular weight is 320 g/mol. The predicted octanol–water partition coefficient (Wildman–Crippen LogP) is 2.08. The molecular formula is C18H25FN2O2. The van der Waals surface area contributed by atoms with E-state index in [0.717, 1.165) is 44.5 Å². The normalized spacial score (nSPS) is 25.1. The van der Waals surface area contributed by atoms with Gasteiger partial charge in [-0.2, -0.15) is 0 Å². The highest BCUT2D eigenvalue weighted by molar-refractivity contribution is 5.81.